The lowest BCUT2D eigenvalue weighted by Crippen LogP contribution is -2.32. The lowest BCUT2D eigenvalue weighted by molar-refractivity contribution is -0.138. The Morgan fingerprint density at radius 3 is 2.86 bits per heavy atom. The zero-order valence-electron chi connectivity index (χ0n) is 7.59. The van der Waals surface area contributed by atoms with E-state index in [-0.39, 0.29) is 12.0 Å². The molecule has 0 fully saturated rings. The summed E-state index contributed by atoms with van der Waals surface area (Å²) < 4.78 is 1.43. The molecule has 76 valence electrons. The number of carboxylic acid groups (broad SMARTS) is 1. The smallest absolute Gasteiger partial charge is 0.320 e. The Kier molecular flexibility index (Phi) is 3.41. The minimum absolute atomic E-state index is 0.148. The van der Waals surface area contributed by atoms with Gasteiger partial charge in [-0.15, -0.1) is 0 Å². The Morgan fingerprint density at radius 2 is 2.29 bits per heavy atom. The highest BCUT2D eigenvalue weighted by Crippen LogP contribution is 1.92. The number of pyridine rings is 1. The first kappa shape index (κ1) is 10.5. The fourth-order valence-electron chi connectivity index (χ4n) is 1.05. The molecule has 0 aromatic carbocycles. The molecule has 0 radical (unpaired) electrons. The van der Waals surface area contributed by atoms with Gasteiger partial charge in [0, 0.05) is 18.8 Å². The molecule has 1 rings (SSSR count). The highest BCUT2D eigenvalue weighted by Gasteiger charge is 2.10. The molecule has 1 aromatic rings. The maximum absolute atomic E-state index is 11.2. The van der Waals surface area contributed by atoms with Crippen LogP contribution in [0.1, 0.15) is 6.42 Å². The van der Waals surface area contributed by atoms with E-state index < -0.39 is 12.0 Å². The first-order chi connectivity index (χ1) is 6.61. The zero-order chi connectivity index (χ0) is 10.6. The van der Waals surface area contributed by atoms with E-state index >= 15 is 0 Å². The first-order valence-corrected chi connectivity index (χ1v) is 4.25. The highest BCUT2D eigenvalue weighted by atomic mass is 16.4. The van der Waals surface area contributed by atoms with Gasteiger partial charge >= 0.3 is 5.97 Å². The van der Waals surface area contributed by atoms with Crippen LogP contribution >= 0.6 is 0 Å². The van der Waals surface area contributed by atoms with Gasteiger partial charge in [-0.2, -0.15) is 0 Å². The van der Waals surface area contributed by atoms with Crippen molar-refractivity contribution in [1.82, 2.24) is 4.57 Å². The molecular formula is C9H12N2O3. The van der Waals surface area contributed by atoms with Gasteiger partial charge in [-0.25, -0.2) is 0 Å². The minimum atomic E-state index is -1.05. The monoisotopic (exact) mass is 196 g/mol. The van der Waals surface area contributed by atoms with Crippen LogP contribution in [-0.2, 0) is 11.3 Å². The van der Waals surface area contributed by atoms with Crippen molar-refractivity contribution in [3.8, 4) is 0 Å². The number of nitrogens with two attached hydrogens (primary N) is 1. The number of rotatable bonds is 4. The van der Waals surface area contributed by atoms with Gasteiger partial charge in [0.05, 0.1) is 0 Å². The summed E-state index contributed by atoms with van der Waals surface area (Å²) in [5, 5.41) is 8.52. The van der Waals surface area contributed by atoms with Crippen LogP contribution in [0.25, 0.3) is 0 Å². The molecule has 5 heteroatoms. The summed E-state index contributed by atoms with van der Waals surface area (Å²) >= 11 is 0. The van der Waals surface area contributed by atoms with Crippen molar-refractivity contribution >= 4 is 5.97 Å². The third-order valence-corrected chi connectivity index (χ3v) is 1.90. The van der Waals surface area contributed by atoms with Gasteiger partial charge < -0.3 is 15.4 Å². The van der Waals surface area contributed by atoms with Crippen molar-refractivity contribution in [3.63, 3.8) is 0 Å². The van der Waals surface area contributed by atoms with Crippen LogP contribution in [0.3, 0.4) is 0 Å². The second-order valence-corrected chi connectivity index (χ2v) is 2.97. The van der Waals surface area contributed by atoms with E-state index in [1.165, 1.54) is 10.6 Å². The SMILES string of the molecule is NC(CCn1ccccc1=O)C(=O)O. The highest BCUT2D eigenvalue weighted by molar-refractivity contribution is 5.72. The number of aliphatic carboxylic acids is 1. The van der Waals surface area contributed by atoms with Crippen LogP contribution in [0.4, 0.5) is 0 Å². The minimum Gasteiger partial charge on any atom is -0.480 e. The van der Waals surface area contributed by atoms with Gasteiger partial charge in [0.1, 0.15) is 6.04 Å². The average molecular weight is 196 g/mol. The molecule has 1 atom stereocenters. The zero-order valence-corrected chi connectivity index (χ0v) is 7.59. The Labute approximate surface area is 80.8 Å². The largest absolute Gasteiger partial charge is 0.480 e. The summed E-state index contributed by atoms with van der Waals surface area (Å²) in [5.74, 6) is -1.05. The lowest BCUT2D eigenvalue weighted by Gasteiger charge is -2.07. The van der Waals surface area contributed by atoms with Gasteiger partial charge in [0.15, 0.2) is 0 Å². The van der Waals surface area contributed by atoms with Gasteiger partial charge in [0.2, 0.25) is 5.56 Å². The fourth-order valence-corrected chi connectivity index (χ4v) is 1.05. The first-order valence-electron chi connectivity index (χ1n) is 4.25. The molecule has 0 saturated carbocycles. The number of carbonyl (C=O) groups is 1. The number of carboxylic acids is 1. The Morgan fingerprint density at radius 1 is 1.57 bits per heavy atom. The summed E-state index contributed by atoms with van der Waals surface area (Å²) in [6.07, 6.45) is 1.86. The normalized spacial score (nSPS) is 12.4. The number of aryl methyl sites for hydroxylation is 1. The number of hydrogen-bond acceptors (Lipinski definition) is 3. The molecule has 0 bridgehead atoms. The van der Waals surface area contributed by atoms with E-state index in [9.17, 15) is 9.59 Å². The molecular weight excluding hydrogens is 184 g/mol. The van der Waals surface area contributed by atoms with Crippen molar-refractivity contribution < 1.29 is 9.90 Å². The Balaban J connectivity index is 2.58. The van der Waals surface area contributed by atoms with Gasteiger partial charge in [0.25, 0.3) is 0 Å². The maximum Gasteiger partial charge on any atom is 0.320 e. The quantitative estimate of drug-likeness (QED) is 0.689. The van der Waals surface area contributed by atoms with Crippen LogP contribution in [0.5, 0.6) is 0 Å². The molecule has 0 amide bonds. The third-order valence-electron chi connectivity index (χ3n) is 1.90. The fraction of sp³-hybridized carbons (Fsp3) is 0.333. The summed E-state index contributed by atoms with van der Waals surface area (Å²) in [5.41, 5.74) is 5.15. The number of nitrogens with zero attached hydrogens (tertiary/aromatic N) is 1. The molecule has 0 aliphatic rings. The van der Waals surface area contributed by atoms with Gasteiger partial charge in [-0.3, -0.25) is 9.59 Å². The average Bonchev–Trinajstić information content (AvgIpc) is 2.16. The molecule has 5 nitrogen and oxygen atoms in total. The van der Waals surface area contributed by atoms with Gasteiger partial charge in [-0.05, 0) is 12.5 Å². The predicted molar refractivity (Wildman–Crippen MR) is 50.9 cm³/mol. The topological polar surface area (TPSA) is 85.3 Å². The lowest BCUT2D eigenvalue weighted by atomic mass is 10.2. The van der Waals surface area contributed by atoms with Crippen LogP contribution < -0.4 is 11.3 Å². The summed E-state index contributed by atoms with van der Waals surface area (Å²) in [4.78, 5) is 21.6. The molecule has 14 heavy (non-hydrogen) atoms. The molecule has 3 N–H and O–H groups in total. The van der Waals surface area contributed by atoms with Crippen molar-refractivity contribution in [2.45, 2.75) is 19.0 Å². The summed E-state index contributed by atoms with van der Waals surface area (Å²) in [6, 6.07) is 3.86. The van der Waals surface area contributed by atoms with E-state index in [0.717, 1.165) is 0 Å². The summed E-state index contributed by atoms with van der Waals surface area (Å²) in [6.45, 7) is 0.327. The van der Waals surface area contributed by atoms with E-state index in [1.807, 2.05) is 0 Å². The molecule has 0 spiro atoms. The van der Waals surface area contributed by atoms with Crippen LogP contribution in [0.15, 0.2) is 29.2 Å². The van der Waals surface area contributed by atoms with Crippen LogP contribution in [0, 0.1) is 0 Å². The van der Waals surface area contributed by atoms with E-state index in [1.54, 1.807) is 18.3 Å². The number of aromatic nitrogens is 1. The molecule has 0 aliphatic carbocycles. The molecule has 1 aromatic heterocycles. The van der Waals surface area contributed by atoms with Crippen molar-refractivity contribution in [3.05, 3.63) is 34.7 Å². The number of hydrogen-bond donors (Lipinski definition) is 2. The van der Waals surface area contributed by atoms with Crippen molar-refractivity contribution in [2.75, 3.05) is 0 Å². The van der Waals surface area contributed by atoms with E-state index in [0.29, 0.717) is 6.54 Å². The van der Waals surface area contributed by atoms with E-state index in [4.69, 9.17) is 10.8 Å². The predicted octanol–water partition coefficient (Wildman–Crippen LogP) is -0.350. The second kappa shape index (κ2) is 4.57. The molecule has 0 aliphatic heterocycles. The Bertz CT molecular complexity index is 372. The molecule has 1 unspecified atom stereocenters. The Hall–Kier alpha value is -1.62. The van der Waals surface area contributed by atoms with Crippen LogP contribution in [-0.4, -0.2) is 21.7 Å². The van der Waals surface area contributed by atoms with Gasteiger partial charge in [-0.1, -0.05) is 6.07 Å². The standard InChI is InChI=1S/C9H12N2O3/c10-7(9(13)14)4-6-11-5-2-1-3-8(11)12/h1-3,5,7H,4,6,10H2,(H,13,14). The van der Waals surface area contributed by atoms with Crippen LogP contribution in [0.2, 0.25) is 0 Å². The van der Waals surface area contributed by atoms with Crippen molar-refractivity contribution in [2.24, 2.45) is 5.73 Å². The molecule has 1 heterocycles. The third kappa shape index (κ3) is 2.70. The second-order valence-electron chi connectivity index (χ2n) is 2.97. The van der Waals surface area contributed by atoms with Crippen molar-refractivity contribution in [1.29, 1.82) is 0 Å². The maximum atomic E-state index is 11.2. The molecule has 0 saturated heterocycles. The summed E-state index contributed by atoms with van der Waals surface area (Å²) in [7, 11) is 0. The van der Waals surface area contributed by atoms with E-state index in [2.05, 4.69) is 0 Å².